The summed E-state index contributed by atoms with van der Waals surface area (Å²) in [6.07, 6.45) is 3.60. The Morgan fingerprint density at radius 1 is 1.30 bits per heavy atom. The lowest BCUT2D eigenvalue weighted by Crippen LogP contribution is -2.40. The molecule has 1 amide bonds. The smallest absolute Gasteiger partial charge is 0.336 e. The Kier molecular flexibility index (Phi) is 3.70. The van der Waals surface area contributed by atoms with Gasteiger partial charge in [-0.1, -0.05) is 6.07 Å². The fourth-order valence-corrected chi connectivity index (χ4v) is 4.22. The first-order valence-electron chi connectivity index (χ1n) is 6.96. The Hall–Kier alpha value is -1.49. The van der Waals surface area contributed by atoms with Gasteiger partial charge in [0.15, 0.2) is 0 Å². The van der Waals surface area contributed by atoms with Crippen molar-refractivity contribution in [2.45, 2.75) is 30.9 Å². The zero-order chi connectivity index (χ0) is 14.1. The van der Waals surface area contributed by atoms with Crippen molar-refractivity contribution in [3.8, 4) is 0 Å². The number of fused-ring (bicyclic) bond motifs is 1. The van der Waals surface area contributed by atoms with Crippen molar-refractivity contribution in [3.05, 3.63) is 29.3 Å². The third-order valence-electron chi connectivity index (χ3n) is 3.95. The summed E-state index contributed by atoms with van der Waals surface area (Å²) in [6, 6.07) is 5.23. The van der Waals surface area contributed by atoms with Crippen molar-refractivity contribution in [3.63, 3.8) is 0 Å². The number of carboxylic acids is 1. The molecule has 0 radical (unpaired) electrons. The number of benzene rings is 1. The number of carbonyl (C=O) groups is 2. The normalized spacial score (nSPS) is 21.6. The second-order valence-corrected chi connectivity index (χ2v) is 6.51. The van der Waals surface area contributed by atoms with E-state index in [-0.39, 0.29) is 11.2 Å². The standard InChI is InChI=1S/C15H17NO3S/c17-14(13-7-3-9-20-13)16-8-2-5-10-11(15(18)19)4-1-6-12(10)16/h1,4,6,13H,2-3,5,7-9H2,(H,18,19). The second kappa shape index (κ2) is 5.48. The fourth-order valence-electron chi connectivity index (χ4n) is 3.00. The van der Waals surface area contributed by atoms with Crippen LogP contribution in [0.3, 0.4) is 0 Å². The number of carboxylic acid groups (broad SMARTS) is 1. The van der Waals surface area contributed by atoms with Crippen molar-refractivity contribution < 1.29 is 14.7 Å². The molecule has 5 heteroatoms. The Morgan fingerprint density at radius 2 is 2.15 bits per heavy atom. The molecule has 3 rings (SSSR count). The highest BCUT2D eigenvalue weighted by atomic mass is 32.2. The van der Waals surface area contributed by atoms with Crippen LogP contribution in [0.1, 0.15) is 35.2 Å². The van der Waals surface area contributed by atoms with Gasteiger partial charge in [0.2, 0.25) is 5.91 Å². The average Bonchev–Trinajstić information content (AvgIpc) is 2.99. The van der Waals surface area contributed by atoms with Crippen LogP contribution in [-0.4, -0.2) is 34.5 Å². The van der Waals surface area contributed by atoms with Crippen molar-refractivity contribution in [2.24, 2.45) is 0 Å². The van der Waals surface area contributed by atoms with Crippen LogP contribution in [0.15, 0.2) is 18.2 Å². The molecular weight excluding hydrogens is 274 g/mol. The molecule has 1 aromatic rings. The first-order valence-corrected chi connectivity index (χ1v) is 8.01. The van der Waals surface area contributed by atoms with E-state index >= 15 is 0 Å². The minimum absolute atomic E-state index is 0.0504. The van der Waals surface area contributed by atoms with Crippen molar-refractivity contribution >= 4 is 29.3 Å². The van der Waals surface area contributed by atoms with Gasteiger partial charge in [0.25, 0.3) is 0 Å². The highest BCUT2D eigenvalue weighted by Gasteiger charge is 2.32. The van der Waals surface area contributed by atoms with Crippen LogP contribution in [-0.2, 0) is 11.2 Å². The first-order chi connectivity index (χ1) is 9.68. The molecule has 1 saturated heterocycles. The van der Waals surface area contributed by atoms with Gasteiger partial charge in [-0.2, -0.15) is 0 Å². The Balaban J connectivity index is 1.95. The summed E-state index contributed by atoms with van der Waals surface area (Å²) < 4.78 is 0. The molecule has 4 nitrogen and oxygen atoms in total. The zero-order valence-corrected chi connectivity index (χ0v) is 12.0. The molecule has 20 heavy (non-hydrogen) atoms. The molecule has 106 valence electrons. The maximum absolute atomic E-state index is 12.6. The highest BCUT2D eigenvalue weighted by Crippen LogP contribution is 2.34. The molecule has 0 saturated carbocycles. The van der Waals surface area contributed by atoms with E-state index in [2.05, 4.69) is 0 Å². The SMILES string of the molecule is O=C(O)c1cccc2c1CCCN2C(=O)C1CCCS1. The van der Waals surface area contributed by atoms with Crippen LogP contribution < -0.4 is 4.90 Å². The molecule has 1 N–H and O–H groups in total. The summed E-state index contributed by atoms with van der Waals surface area (Å²) >= 11 is 1.72. The fraction of sp³-hybridized carbons (Fsp3) is 0.467. The average molecular weight is 291 g/mol. The van der Waals surface area contributed by atoms with E-state index in [0.717, 1.165) is 42.7 Å². The third-order valence-corrected chi connectivity index (χ3v) is 5.32. The van der Waals surface area contributed by atoms with Gasteiger partial charge in [0.05, 0.1) is 10.8 Å². The van der Waals surface area contributed by atoms with E-state index in [4.69, 9.17) is 0 Å². The van der Waals surface area contributed by atoms with Gasteiger partial charge < -0.3 is 10.0 Å². The molecule has 2 aliphatic rings. The van der Waals surface area contributed by atoms with E-state index in [1.54, 1.807) is 28.8 Å². The molecular formula is C15H17NO3S. The predicted molar refractivity (Wildman–Crippen MR) is 79.6 cm³/mol. The molecule has 0 spiro atoms. The van der Waals surface area contributed by atoms with Crippen LogP contribution in [0.4, 0.5) is 5.69 Å². The number of aromatic carboxylic acids is 1. The number of nitrogens with zero attached hydrogens (tertiary/aromatic N) is 1. The summed E-state index contributed by atoms with van der Waals surface area (Å²) in [5, 5.41) is 9.32. The number of thioether (sulfide) groups is 1. The van der Waals surface area contributed by atoms with E-state index < -0.39 is 5.97 Å². The Bertz CT molecular complexity index is 552. The van der Waals surface area contributed by atoms with E-state index in [1.165, 1.54) is 0 Å². The molecule has 2 heterocycles. The van der Waals surface area contributed by atoms with E-state index in [0.29, 0.717) is 12.1 Å². The summed E-state index contributed by atoms with van der Waals surface area (Å²) in [6.45, 7) is 0.700. The number of anilines is 1. The number of rotatable bonds is 2. The lowest BCUT2D eigenvalue weighted by atomic mass is 9.96. The highest BCUT2D eigenvalue weighted by molar-refractivity contribution is 8.00. The summed E-state index contributed by atoms with van der Waals surface area (Å²) in [5.41, 5.74) is 1.94. The second-order valence-electron chi connectivity index (χ2n) is 5.20. The van der Waals surface area contributed by atoms with Gasteiger partial charge in [0, 0.05) is 12.2 Å². The molecule has 1 aromatic carbocycles. The van der Waals surface area contributed by atoms with Gasteiger partial charge >= 0.3 is 5.97 Å². The van der Waals surface area contributed by atoms with Crippen LogP contribution in [0.5, 0.6) is 0 Å². The van der Waals surface area contributed by atoms with Crippen molar-refractivity contribution in [2.75, 3.05) is 17.2 Å². The molecule has 1 atom stereocenters. The third kappa shape index (κ3) is 2.30. The minimum atomic E-state index is -0.911. The lowest BCUT2D eigenvalue weighted by Gasteiger charge is -2.32. The predicted octanol–water partition coefficient (Wildman–Crippen LogP) is 2.56. The van der Waals surface area contributed by atoms with Gasteiger partial charge in [-0.15, -0.1) is 11.8 Å². The summed E-state index contributed by atoms with van der Waals surface area (Å²) in [5.74, 6) is 0.286. The Morgan fingerprint density at radius 3 is 2.85 bits per heavy atom. The number of amides is 1. The number of hydrogen-bond acceptors (Lipinski definition) is 3. The largest absolute Gasteiger partial charge is 0.478 e. The molecule has 1 unspecified atom stereocenters. The molecule has 0 bridgehead atoms. The summed E-state index contributed by atoms with van der Waals surface area (Å²) in [4.78, 5) is 25.7. The van der Waals surface area contributed by atoms with Gasteiger partial charge in [-0.25, -0.2) is 4.79 Å². The van der Waals surface area contributed by atoms with Crippen LogP contribution >= 0.6 is 11.8 Å². The molecule has 0 aromatic heterocycles. The first kappa shape index (κ1) is 13.5. The minimum Gasteiger partial charge on any atom is -0.478 e. The van der Waals surface area contributed by atoms with Crippen LogP contribution in [0.25, 0.3) is 0 Å². The zero-order valence-electron chi connectivity index (χ0n) is 11.2. The van der Waals surface area contributed by atoms with E-state index in [9.17, 15) is 14.7 Å². The maximum atomic E-state index is 12.6. The topological polar surface area (TPSA) is 57.6 Å². The molecule has 0 aliphatic carbocycles. The maximum Gasteiger partial charge on any atom is 0.336 e. The van der Waals surface area contributed by atoms with Gasteiger partial charge in [0.1, 0.15) is 0 Å². The summed E-state index contributed by atoms with van der Waals surface area (Å²) in [7, 11) is 0. The van der Waals surface area contributed by atoms with E-state index in [1.807, 2.05) is 6.07 Å². The van der Waals surface area contributed by atoms with Crippen molar-refractivity contribution in [1.82, 2.24) is 0 Å². The molecule has 1 fully saturated rings. The monoisotopic (exact) mass is 291 g/mol. The van der Waals surface area contributed by atoms with Crippen LogP contribution in [0, 0.1) is 0 Å². The van der Waals surface area contributed by atoms with Crippen LogP contribution in [0.2, 0.25) is 0 Å². The van der Waals surface area contributed by atoms with Gasteiger partial charge in [-0.05, 0) is 49.1 Å². The number of hydrogen-bond donors (Lipinski definition) is 1. The van der Waals surface area contributed by atoms with Gasteiger partial charge in [-0.3, -0.25) is 4.79 Å². The number of carbonyl (C=O) groups excluding carboxylic acids is 1. The quantitative estimate of drug-likeness (QED) is 0.910. The lowest BCUT2D eigenvalue weighted by molar-refractivity contribution is -0.118. The Labute approximate surface area is 122 Å². The van der Waals surface area contributed by atoms with Crippen molar-refractivity contribution in [1.29, 1.82) is 0 Å². The molecule has 2 aliphatic heterocycles.